The Balaban J connectivity index is 2.00. The number of carbonyl (C=O) groups is 3. The van der Waals surface area contributed by atoms with Crippen LogP contribution in [0, 0.1) is 0 Å². The number of carbonyl (C=O) groups excluding carboxylic acids is 2. The van der Waals surface area contributed by atoms with Crippen LogP contribution in [0.1, 0.15) is 84.0 Å². The number of carboxylic acid groups (broad SMARTS) is 1. The van der Waals surface area contributed by atoms with Gasteiger partial charge in [-0.2, -0.15) is 0 Å². The number of Topliss-reactive ketones (excluding diaryl/α,β-unsaturated/α-hetero) is 2. The van der Waals surface area contributed by atoms with E-state index in [1.165, 1.54) is 0 Å². The monoisotopic (exact) mass is 326 g/mol. The predicted molar refractivity (Wildman–Crippen MR) is 87.4 cm³/mol. The van der Waals surface area contributed by atoms with Gasteiger partial charge in [-0.3, -0.25) is 14.4 Å². The van der Waals surface area contributed by atoms with E-state index in [0.717, 1.165) is 51.4 Å². The molecule has 1 N–H and O–H groups in total. The van der Waals surface area contributed by atoms with Gasteiger partial charge < -0.3 is 9.84 Å². The highest BCUT2D eigenvalue weighted by molar-refractivity contribution is 5.96. The Labute approximate surface area is 138 Å². The second kappa shape index (κ2) is 11.3. The highest BCUT2D eigenvalue weighted by atomic mass is 16.6. The molecule has 0 aliphatic carbocycles. The minimum Gasteiger partial charge on any atom is -0.481 e. The van der Waals surface area contributed by atoms with E-state index in [4.69, 9.17) is 9.84 Å². The Bertz CT molecular complexity index is 391. The maximum atomic E-state index is 11.9. The molecular weight excluding hydrogens is 296 g/mol. The second-order valence-electron chi connectivity index (χ2n) is 6.38. The van der Waals surface area contributed by atoms with Gasteiger partial charge in [-0.05, 0) is 19.3 Å². The highest BCUT2D eigenvalue weighted by Crippen LogP contribution is 2.27. The van der Waals surface area contributed by atoms with Crippen molar-refractivity contribution in [3.8, 4) is 0 Å². The molecule has 132 valence electrons. The fourth-order valence-corrected chi connectivity index (χ4v) is 2.72. The van der Waals surface area contributed by atoms with Gasteiger partial charge in [0.25, 0.3) is 0 Å². The number of unbranched alkanes of at least 4 members (excludes halogenated alkanes) is 7. The largest absolute Gasteiger partial charge is 0.481 e. The summed E-state index contributed by atoms with van der Waals surface area (Å²) in [4.78, 5) is 34.1. The van der Waals surface area contributed by atoms with Crippen molar-refractivity contribution in [3.63, 3.8) is 0 Å². The summed E-state index contributed by atoms with van der Waals surface area (Å²) in [5.41, 5.74) is 0. The van der Waals surface area contributed by atoms with Crippen LogP contribution in [0.25, 0.3) is 0 Å². The molecule has 1 rings (SSSR count). The Hall–Kier alpha value is -1.23. The first-order chi connectivity index (χ1) is 11.1. The number of hydrogen-bond acceptors (Lipinski definition) is 4. The van der Waals surface area contributed by atoms with E-state index < -0.39 is 18.2 Å². The SMILES string of the molecule is CCCCCCC(=O)C1OC1C(=O)CCCCCCCC(=O)O. The molecule has 1 fully saturated rings. The van der Waals surface area contributed by atoms with E-state index in [1.54, 1.807) is 0 Å². The zero-order chi connectivity index (χ0) is 17.1. The van der Waals surface area contributed by atoms with E-state index in [9.17, 15) is 14.4 Å². The summed E-state index contributed by atoms with van der Waals surface area (Å²) in [7, 11) is 0. The lowest BCUT2D eigenvalue weighted by Gasteiger charge is -2.00. The molecule has 1 aliphatic heterocycles. The molecule has 1 aliphatic rings. The molecular formula is C18H30O5. The Morgan fingerprint density at radius 1 is 0.739 bits per heavy atom. The first-order valence-corrected chi connectivity index (χ1v) is 8.99. The van der Waals surface area contributed by atoms with Crippen LogP contribution in [0.15, 0.2) is 0 Å². The van der Waals surface area contributed by atoms with Gasteiger partial charge in [0.1, 0.15) is 12.2 Å². The molecule has 23 heavy (non-hydrogen) atoms. The van der Waals surface area contributed by atoms with E-state index in [2.05, 4.69) is 6.92 Å². The van der Waals surface area contributed by atoms with E-state index in [1.807, 2.05) is 0 Å². The van der Waals surface area contributed by atoms with Gasteiger partial charge in [-0.25, -0.2) is 0 Å². The van der Waals surface area contributed by atoms with Gasteiger partial charge in [0.2, 0.25) is 0 Å². The van der Waals surface area contributed by atoms with Crippen LogP contribution in [0.2, 0.25) is 0 Å². The number of carboxylic acids is 1. The van der Waals surface area contributed by atoms with Crippen molar-refractivity contribution in [3.05, 3.63) is 0 Å². The molecule has 0 amide bonds. The van der Waals surface area contributed by atoms with Gasteiger partial charge in [-0.1, -0.05) is 45.4 Å². The van der Waals surface area contributed by atoms with E-state index >= 15 is 0 Å². The zero-order valence-corrected chi connectivity index (χ0v) is 14.2. The molecule has 2 unspecified atom stereocenters. The predicted octanol–water partition coefficient (Wildman–Crippen LogP) is 3.68. The summed E-state index contributed by atoms with van der Waals surface area (Å²) in [6, 6.07) is 0. The molecule has 5 heteroatoms. The van der Waals surface area contributed by atoms with Gasteiger partial charge in [0, 0.05) is 19.3 Å². The minimum absolute atomic E-state index is 0.0439. The lowest BCUT2D eigenvalue weighted by atomic mass is 10.0. The summed E-state index contributed by atoms with van der Waals surface area (Å²) >= 11 is 0. The number of hydrogen-bond donors (Lipinski definition) is 1. The van der Waals surface area contributed by atoms with Gasteiger partial charge in [0.05, 0.1) is 0 Å². The average Bonchev–Trinajstić information content (AvgIpc) is 3.30. The topological polar surface area (TPSA) is 84.0 Å². The van der Waals surface area contributed by atoms with Gasteiger partial charge in [0.15, 0.2) is 11.6 Å². The van der Waals surface area contributed by atoms with Crippen LogP contribution in [0.5, 0.6) is 0 Å². The summed E-state index contributed by atoms with van der Waals surface area (Å²) in [6.07, 6.45) is 8.75. The Morgan fingerprint density at radius 3 is 1.65 bits per heavy atom. The first-order valence-electron chi connectivity index (χ1n) is 8.99. The molecule has 0 radical (unpaired) electrons. The quantitative estimate of drug-likeness (QED) is 0.366. The Kier molecular flexibility index (Phi) is 9.76. The van der Waals surface area contributed by atoms with Gasteiger partial charge in [-0.15, -0.1) is 0 Å². The summed E-state index contributed by atoms with van der Waals surface area (Å²) in [5, 5.41) is 8.52. The van der Waals surface area contributed by atoms with E-state index in [0.29, 0.717) is 19.3 Å². The average molecular weight is 326 g/mol. The molecule has 0 aromatic heterocycles. The van der Waals surface area contributed by atoms with Crippen molar-refractivity contribution < 1.29 is 24.2 Å². The third-order valence-electron chi connectivity index (χ3n) is 4.22. The van der Waals surface area contributed by atoms with E-state index in [-0.39, 0.29) is 18.0 Å². The standard InChI is InChI=1S/C18H30O5/c1-2-3-4-8-11-14(19)17-18(23-17)15(20)12-9-6-5-7-10-13-16(21)22/h17-18H,2-13H2,1H3,(H,21,22). The number of aliphatic carboxylic acids is 1. The van der Waals surface area contributed by atoms with Crippen LogP contribution in [0.4, 0.5) is 0 Å². The lowest BCUT2D eigenvalue weighted by molar-refractivity contribution is -0.137. The van der Waals surface area contributed by atoms with Crippen molar-refractivity contribution in [1.29, 1.82) is 0 Å². The fraction of sp³-hybridized carbons (Fsp3) is 0.833. The fourth-order valence-electron chi connectivity index (χ4n) is 2.72. The molecule has 1 heterocycles. The summed E-state index contributed by atoms with van der Waals surface area (Å²) in [5.74, 6) is -0.632. The second-order valence-corrected chi connectivity index (χ2v) is 6.38. The number of ether oxygens (including phenoxy) is 1. The van der Waals surface area contributed by atoms with Crippen molar-refractivity contribution >= 4 is 17.5 Å². The van der Waals surface area contributed by atoms with Crippen LogP contribution in [-0.4, -0.2) is 34.9 Å². The maximum Gasteiger partial charge on any atom is 0.303 e. The van der Waals surface area contributed by atoms with Crippen LogP contribution >= 0.6 is 0 Å². The molecule has 0 aromatic carbocycles. The van der Waals surface area contributed by atoms with Crippen molar-refractivity contribution in [1.82, 2.24) is 0 Å². The Morgan fingerprint density at radius 2 is 1.17 bits per heavy atom. The van der Waals surface area contributed by atoms with Crippen LogP contribution in [0.3, 0.4) is 0 Å². The smallest absolute Gasteiger partial charge is 0.303 e. The molecule has 5 nitrogen and oxygen atoms in total. The summed E-state index contributed by atoms with van der Waals surface area (Å²) in [6.45, 7) is 2.13. The molecule has 1 saturated heterocycles. The third kappa shape index (κ3) is 8.84. The highest BCUT2D eigenvalue weighted by Gasteiger charge is 2.48. The maximum absolute atomic E-state index is 11.9. The minimum atomic E-state index is -0.753. The normalized spacial score (nSPS) is 19.5. The van der Waals surface area contributed by atoms with Crippen molar-refractivity contribution in [2.45, 2.75) is 96.2 Å². The first kappa shape index (κ1) is 19.8. The summed E-state index contributed by atoms with van der Waals surface area (Å²) < 4.78 is 5.26. The zero-order valence-electron chi connectivity index (χ0n) is 14.2. The van der Waals surface area contributed by atoms with Crippen LogP contribution in [-0.2, 0) is 19.1 Å². The molecule has 0 spiro atoms. The van der Waals surface area contributed by atoms with Crippen molar-refractivity contribution in [2.75, 3.05) is 0 Å². The molecule has 2 atom stereocenters. The number of epoxide rings is 1. The number of rotatable bonds is 15. The lowest BCUT2D eigenvalue weighted by Crippen LogP contribution is -2.16. The van der Waals surface area contributed by atoms with Gasteiger partial charge >= 0.3 is 5.97 Å². The van der Waals surface area contributed by atoms with Crippen LogP contribution < -0.4 is 0 Å². The van der Waals surface area contributed by atoms with Crippen molar-refractivity contribution in [2.24, 2.45) is 0 Å². The number of ketones is 2. The molecule has 0 bridgehead atoms. The third-order valence-corrected chi connectivity index (χ3v) is 4.22. The molecule has 0 saturated carbocycles. The molecule has 0 aromatic rings.